The van der Waals surface area contributed by atoms with Crippen molar-refractivity contribution >= 4 is 11.3 Å². The van der Waals surface area contributed by atoms with Crippen molar-refractivity contribution < 1.29 is 0 Å². The van der Waals surface area contributed by atoms with Crippen LogP contribution in [0.25, 0.3) is 5.57 Å². The Morgan fingerprint density at radius 2 is 1.69 bits per heavy atom. The molecule has 0 amide bonds. The number of hydrazine groups is 1. The van der Waals surface area contributed by atoms with Gasteiger partial charge in [0.2, 0.25) is 0 Å². The van der Waals surface area contributed by atoms with Crippen molar-refractivity contribution in [3.63, 3.8) is 0 Å². The number of aliphatic imine (C=N–C) groups is 1. The number of hydrogen-bond acceptors (Lipinski definition) is 5. The maximum absolute atomic E-state index is 5.77. The lowest BCUT2D eigenvalue weighted by molar-refractivity contribution is 0.673. The third-order valence-electron chi connectivity index (χ3n) is 4.44. The molecule has 32 heavy (non-hydrogen) atoms. The Labute approximate surface area is 195 Å². The molecule has 0 aliphatic heterocycles. The molecule has 172 valence electrons. The molecule has 5 heteroatoms. The maximum atomic E-state index is 5.77. The van der Waals surface area contributed by atoms with E-state index in [4.69, 9.17) is 11.6 Å². The van der Waals surface area contributed by atoms with Crippen molar-refractivity contribution in [2.75, 3.05) is 0 Å². The molecule has 5 nitrogen and oxygen atoms in total. The van der Waals surface area contributed by atoms with Crippen LogP contribution in [0.5, 0.6) is 0 Å². The first-order valence-corrected chi connectivity index (χ1v) is 10.1. The van der Waals surface area contributed by atoms with Crippen LogP contribution in [-0.2, 0) is 0 Å². The number of nitrogens with one attached hydrogen (secondary N) is 2. The molecule has 0 aliphatic carbocycles. The summed E-state index contributed by atoms with van der Waals surface area (Å²) in [4.78, 5) is 4.60. The zero-order chi connectivity index (χ0) is 25.3. The Bertz CT molecular complexity index is 867. The molecular weight excluding hydrogens is 394 g/mol. The largest absolute Gasteiger partial charge is 0.397 e. The fourth-order valence-corrected chi connectivity index (χ4v) is 2.44. The lowest BCUT2D eigenvalue weighted by atomic mass is 10.0. The minimum absolute atomic E-state index is 0.0383. The molecule has 6 N–H and O–H groups in total. The molecule has 0 heterocycles. The highest BCUT2D eigenvalue weighted by atomic mass is 15.2. The molecule has 1 aromatic rings. The van der Waals surface area contributed by atoms with Crippen LogP contribution in [-0.4, -0.2) is 5.71 Å². The van der Waals surface area contributed by atoms with Crippen molar-refractivity contribution in [2.45, 2.75) is 40.2 Å². The lowest BCUT2D eigenvalue weighted by Gasteiger charge is -2.19. The third kappa shape index (κ3) is 10.3. The normalized spacial score (nSPS) is 12.2. The Hall–Kier alpha value is -3.75. The summed E-state index contributed by atoms with van der Waals surface area (Å²) in [6, 6.07) is 8.42. The van der Waals surface area contributed by atoms with Gasteiger partial charge in [0.05, 0.1) is 17.1 Å². The lowest BCUT2D eigenvalue weighted by Crippen LogP contribution is -2.27. The molecule has 0 saturated heterocycles. The zero-order valence-corrected chi connectivity index (χ0v) is 20.0. The number of terminal acetylenes is 1. The highest BCUT2D eigenvalue weighted by Crippen LogP contribution is 2.20. The van der Waals surface area contributed by atoms with Crippen molar-refractivity contribution in [1.82, 2.24) is 10.7 Å². The van der Waals surface area contributed by atoms with E-state index in [-0.39, 0.29) is 6.04 Å². The first kappa shape index (κ1) is 30.4. The summed E-state index contributed by atoms with van der Waals surface area (Å²) < 4.78 is 0. The molecule has 0 bridgehead atoms. The number of nitrogens with zero attached hydrogens (tertiary/aromatic N) is 1. The molecule has 1 aromatic carbocycles. The fraction of sp³-hybridized carbons (Fsp3) is 0.222. The van der Waals surface area contributed by atoms with Crippen LogP contribution in [0.3, 0.4) is 0 Å². The summed E-state index contributed by atoms with van der Waals surface area (Å²) >= 11 is 0. The van der Waals surface area contributed by atoms with Gasteiger partial charge < -0.3 is 16.5 Å². The van der Waals surface area contributed by atoms with Crippen LogP contribution < -0.4 is 22.3 Å². The van der Waals surface area contributed by atoms with Gasteiger partial charge in [-0.2, -0.15) is 0 Å². The molecule has 0 aromatic heterocycles. The fourth-order valence-electron chi connectivity index (χ4n) is 2.44. The molecule has 1 atom stereocenters. The van der Waals surface area contributed by atoms with Gasteiger partial charge in [0.15, 0.2) is 0 Å². The smallest absolute Gasteiger partial charge is 0.0879 e. The van der Waals surface area contributed by atoms with Crippen molar-refractivity contribution in [2.24, 2.45) is 16.6 Å². The number of benzene rings is 1. The van der Waals surface area contributed by atoms with E-state index in [1.54, 1.807) is 6.08 Å². The molecule has 0 radical (unpaired) electrons. The monoisotopic (exact) mass is 433 g/mol. The van der Waals surface area contributed by atoms with Gasteiger partial charge in [-0.1, -0.05) is 57.0 Å². The maximum Gasteiger partial charge on any atom is 0.0879 e. The molecule has 1 rings (SSSR count). The summed E-state index contributed by atoms with van der Waals surface area (Å²) in [5.41, 5.74) is 14.7. The van der Waals surface area contributed by atoms with Gasteiger partial charge >= 0.3 is 0 Å². The molecule has 0 aliphatic rings. The van der Waals surface area contributed by atoms with Crippen molar-refractivity contribution in [3.05, 3.63) is 103 Å². The Morgan fingerprint density at radius 1 is 1.16 bits per heavy atom. The first-order valence-electron chi connectivity index (χ1n) is 10.1. The summed E-state index contributed by atoms with van der Waals surface area (Å²) in [5.74, 6) is 5.54. The second kappa shape index (κ2) is 17.0. The second-order valence-corrected chi connectivity index (χ2v) is 6.58. The predicted octanol–water partition coefficient (Wildman–Crippen LogP) is 5.51. The summed E-state index contributed by atoms with van der Waals surface area (Å²) in [5, 5.41) is 3.40. The molecule has 0 fully saturated rings. The summed E-state index contributed by atoms with van der Waals surface area (Å²) in [6.07, 6.45) is 12.6. The van der Waals surface area contributed by atoms with Crippen LogP contribution in [0, 0.1) is 12.8 Å². The van der Waals surface area contributed by atoms with Gasteiger partial charge in [0, 0.05) is 17.4 Å². The summed E-state index contributed by atoms with van der Waals surface area (Å²) in [7, 11) is 0. The van der Waals surface area contributed by atoms with Crippen LogP contribution >= 0.6 is 0 Å². The number of nitrogens with two attached hydrogens (primary N) is 2. The van der Waals surface area contributed by atoms with Crippen LogP contribution in [0.4, 0.5) is 0 Å². The van der Waals surface area contributed by atoms with Crippen LogP contribution in [0.2, 0.25) is 0 Å². The number of rotatable bonds is 10. The quantitative estimate of drug-likeness (QED) is 0.0978. The van der Waals surface area contributed by atoms with E-state index in [2.05, 4.69) is 99.6 Å². The van der Waals surface area contributed by atoms with E-state index in [1.807, 2.05) is 19.9 Å². The van der Waals surface area contributed by atoms with E-state index in [0.29, 0.717) is 22.8 Å². The van der Waals surface area contributed by atoms with Crippen LogP contribution in [0.15, 0.2) is 97.1 Å². The predicted molar refractivity (Wildman–Crippen MR) is 143 cm³/mol. The van der Waals surface area contributed by atoms with E-state index in [9.17, 15) is 0 Å². The number of allylic oxidation sites excluding steroid dienone is 4. The molecular formula is C27H39N5. The van der Waals surface area contributed by atoms with Gasteiger partial charge in [-0.15, -0.1) is 26.0 Å². The van der Waals surface area contributed by atoms with Gasteiger partial charge in [-0.3, -0.25) is 10.8 Å². The zero-order valence-electron chi connectivity index (χ0n) is 20.0. The SMILES string of the molecule is C#C.C=C.C=C(N)/C(=C/C(=N\C(C)=C\C)C(=C)N[C@@H](C)c1ccc(C(=C)CC)cc1)NN. The minimum Gasteiger partial charge on any atom is -0.397 e. The average Bonchev–Trinajstić information content (AvgIpc) is 2.83. The average molecular weight is 434 g/mol. The minimum atomic E-state index is 0.0383. The highest BCUT2D eigenvalue weighted by molar-refractivity contribution is 6.08. The van der Waals surface area contributed by atoms with Gasteiger partial charge in [-0.05, 0) is 50.0 Å². The Balaban J connectivity index is 0. The summed E-state index contributed by atoms with van der Waals surface area (Å²) in [6.45, 7) is 26.0. The first-order chi connectivity index (χ1) is 15.2. The van der Waals surface area contributed by atoms with E-state index in [0.717, 1.165) is 28.8 Å². The van der Waals surface area contributed by atoms with E-state index in [1.165, 1.54) is 0 Å². The molecule has 0 unspecified atom stereocenters. The highest BCUT2D eigenvalue weighted by Gasteiger charge is 2.11. The second-order valence-electron chi connectivity index (χ2n) is 6.58. The standard InChI is InChI=1S/C23H33N5.C2H4.C2H2/c1-8-15(3)20-10-12-21(13-11-20)18(6)27-19(7)23(26-16(4)9-2)14-22(28-25)17(5)24;2*1-2/h9-14,18,27-28H,3,5,7-8,24-25H2,1-2,4,6H3;1-2H2;1-2H/b16-9+,22-14-,26-23+;;/t18-;;/m0../s1. The molecule has 0 spiro atoms. The molecule has 0 saturated carbocycles. The Morgan fingerprint density at radius 3 is 2.09 bits per heavy atom. The van der Waals surface area contributed by atoms with Gasteiger partial charge in [-0.25, -0.2) is 0 Å². The third-order valence-corrected chi connectivity index (χ3v) is 4.44. The van der Waals surface area contributed by atoms with Gasteiger partial charge in [0.1, 0.15) is 0 Å². The van der Waals surface area contributed by atoms with E-state index < -0.39 is 0 Å². The Kier molecular flexibility index (Phi) is 16.2. The topological polar surface area (TPSA) is 88.5 Å². The van der Waals surface area contributed by atoms with Crippen LogP contribution in [0.1, 0.15) is 51.3 Å². The number of hydrogen-bond donors (Lipinski definition) is 4. The van der Waals surface area contributed by atoms with Crippen molar-refractivity contribution in [1.29, 1.82) is 0 Å². The van der Waals surface area contributed by atoms with Crippen molar-refractivity contribution in [3.8, 4) is 12.8 Å². The van der Waals surface area contributed by atoms with E-state index >= 15 is 0 Å². The van der Waals surface area contributed by atoms with Gasteiger partial charge in [0.25, 0.3) is 0 Å².